The van der Waals surface area contributed by atoms with Crippen molar-refractivity contribution in [3.05, 3.63) is 34.2 Å². The number of nitrogens with one attached hydrogen (secondary N) is 1. The van der Waals surface area contributed by atoms with Gasteiger partial charge >= 0.3 is 0 Å². The number of amides is 1. The van der Waals surface area contributed by atoms with Gasteiger partial charge in [-0.05, 0) is 37.8 Å². The van der Waals surface area contributed by atoms with E-state index in [0.717, 1.165) is 5.69 Å². The second-order valence-corrected chi connectivity index (χ2v) is 6.82. The van der Waals surface area contributed by atoms with Crippen LogP contribution in [0.5, 0.6) is 0 Å². The first-order valence-corrected chi connectivity index (χ1v) is 8.08. The van der Waals surface area contributed by atoms with E-state index in [0.29, 0.717) is 17.5 Å². The van der Waals surface area contributed by atoms with E-state index in [-0.39, 0.29) is 5.91 Å². The molecule has 1 N–H and O–H groups in total. The zero-order valence-electron chi connectivity index (χ0n) is 13.3. The predicted octanol–water partition coefficient (Wildman–Crippen LogP) is 4.72. The Balaban J connectivity index is 2.23. The lowest BCUT2D eigenvalue weighted by molar-refractivity contribution is -0.116. The maximum Gasteiger partial charge on any atom is 0.226 e. The fourth-order valence-electron chi connectivity index (χ4n) is 2.57. The van der Waals surface area contributed by atoms with Crippen LogP contribution in [0.1, 0.15) is 37.0 Å². The minimum absolute atomic E-state index is 0.0308. The van der Waals surface area contributed by atoms with Gasteiger partial charge in [0.25, 0.3) is 0 Å². The normalized spacial score (nSPS) is 11.0. The largest absolute Gasteiger partial charge is 0.302 e. The second kappa shape index (κ2) is 6.39. The topological polar surface area (TPSA) is 42.0 Å². The van der Waals surface area contributed by atoms with Gasteiger partial charge in [-0.15, -0.1) is 11.3 Å². The number of rotatable bonds is 4. The van der Waals surface area contributed by atoms with E-state index < -0.39 is 0 Å². The second-order valence-electron chi connectivity index (χ2n) is 5.96. The van der Waals surface area contributed by atoms with Gasteiger partial charge in [-0.2, -0.15) is 0 Å². The van der Waals surface area contributed by atoms with Gasteiger partial charge in [-0.3, -0.25) is 4.79 Å². The lowest BCUT2D eigenvalue weighted by Crippen LogP contribution is -2.13. The van der Waals surface area contributed by atoms with Crippen LogP contribution in [0.2, 0.25) is 0 Å². The molecule has 0 radical (unpaired) electrons. The summed E-state index contributed by atoms with van der Waals surface area (Å²) in [5.41, 5.74) is 5.81. The van der Waals surface area contributed by atoms with Crippen LogP contribution in [0.3, 0.4) is 0 Å². The molecule has 0 aliphatic heterocycles. The van der Waals surface area contributed by atoms with Crippen LogP contribution in [0.15, 0.2) is 17.5 Å². The van der Waals surface area contributed by atoms with Gasteiger partial charge in [0.15, 0.2) is 5.13 Å². The molecular formula is C17H22N2OS. The Morgan fingerprint density at radius 2 is 1.86 bits per heavy atom. The van der Waals surface area contributed by atoms with Crippen molar-refractivity contribution in [2.45, 2.75) is 41.0 Å². The number of nitrogens with zero attached hydrogens (tertiary/aromatic N) is 1. The summed E-state index contributed by atoms with van der Waals surface area (Å²) in [5, 5.41) is 5.57. The molecule has 0 unspecified atom stereocenters. The number of thiazole rings is 1. The first-order chi connectivity index (χ1) is 9.86. The van der Waals surface area contributed by atoms with Crippen molar-refractivity contribution >= 4 is 22.4 Å². The monoisotopic (exact) mass is 302 g/mol. The summed E-state index contributed by atoms with van der Waals surface area (Å²) in [6.45, 7) is 10.4. The molecule has 2 aromatic rings. The molecule has 4 heteroatoms. The molecule has 2 rings (SSSR count). The van der Waals surface area contributed by atoms with Gasteiger partial charge in [0.1, 0.15) is 0 Å². The Hall–Kier alpha value is -1.68. The molecule has 0 aliphatic rings. The van der Waals surface area contributed by atoms with Gasteiger partial charge < -0.3 is 5.32 Å². The highest BCUT2D eigenvalue weighted by Crippen LogP contribution is 2.31. The van der Waals surface area contributed by atoms with Crippen LogP contribution in [0.25, 0.3) is 11.3 Å². The van der Waals surface area contributed by atoms with Gasteiger partial charge in [0.05, 0.1) is 5.69 Å². The fourth-order valence-corrected chi connectivity index (χ4v) is 3.29. The van der Waals surface area contributed by atoms with Crippen molar-refractivity contribution < 1.29 is 4.79 Å². The number of benzene rings is 1. The lowest BCUT2D eigenvalue weighted by atomic mass is 9.98. The number of hydrogen-bond donors (Lipinski definition) is 1. The number of hydrogen-bond acceptors (Lipinski definition) is 3. The average Bonchev–Trinajstić information content (AvgIpc) is 2.74. The molecule has 0 bridgehead atoms. The van der Waals surface area contributed by atoms with E-state index in [1.165, 1.54) is 33.6 Å². The van der Waals surface area contributed by atoms with Crippen LogP contribution in [0, 0.1) is 26.7 Å². The molecule has 0 aliphatic carbocycles. The number of carbonyl (C=O) groups is 1. The van der Waals surface area contributed by atoms with E-state index >= 15 is 0 Å². The Labute approximate surface area is 130 Å². The SMILES string of the molecule is Cc1cc(C)c(-c2csc(NC(=O)CC(C)C)n2)c(C)c1. The zero-order valence-corrected chi connectivity index (χ0v) is 14.1. The van der Waals surface area contributed by atoms with Gasteiger partial charge in [0, 0.05) is 17.4 Å². The van der Waals surface area contributed by atoms with E-state index in [1.807, 2.05) is 19.2 Å². The minimum atomic E-state index is 0.0308. The van der Waals surface area contributed by atoms with Crippen molar-refractivity contribution in [3.63, 3.8) is 0 Å². The minimum Gasteiger partial charge on any atom is -0.302 e. The molecule has 0 saturated carbocycles. The quantitative estimate of drug-likeness (QED) is 0.888. The zero-order chi connectivity index (χ0) is 15.6. The molecule has 0 atom stereocenters. The smallest absolute Gasteiger partial charge is 0.226 e. The molecule has 112 valence electrons. The Morgan fingerprint density at radius 1 is 1.24 bits per heavy atom. The molecule has 21 heavy (non-hydrogen) atoms. The summed E-state index contributed by atoms with van der Waals surface area (Å²) in [5.74, 6) is 0.384. The Morgan fingerprint density at radius 3 is 2.43 bits per heavy atom. The molecule has 1 aromatic carbocycles. The lowest BCUT2D eigenvalue weighted by Gasteiger charge is -2.08. The number of aryl methyl sites for hydroxylation is 3. The van der Waals surface area contributed by atoms with Crippen LogP contribution < -0.4 is 5.32 Å². The van der Waals surface area contributed by atoms with Gasteiger partial charge in [-0.25, -0.2) is 4.98 Å². The van der Waals surface area contributed by atoms with Gasteiger partial charge in [-0.1, -0.05) is 31.5 Å². The van der Waals surface area contributed by atoms with Gasteiger partial charge in [0.2, 0.25) is 5.91 Å². The molecule has 3 nitrogen and oxygen atoms in total. The number of aromatic nitrogens is 1. The summed E-state index contributed by atoms with van der Waals surface area (Å²) >= 11 is 1.48. The van der Waals surface area contributed by atoms with Crippen LogP contribution in [0.4, 0.5) is 5.13 Å². The highest BCUT2D eigenvalue weighted by molar-refractivity contribution is 7.14. The first-order valence-electron chi connectivity index (χ1n) is 7.20. The Kier molecular flexibility index (Phi) is 4.78. The van der Waals surface area contributed by atoms with E-state index in [9.17, 15) is 4.79 Å². The van der Waals surface area contributed by atoms with Crippen LogP contribution >= 0.6 is 11.3 Å². The van der Waals surface area contributed by atoms with Crippen LogP contribution in [-0.2, 0) is 4.79 Å². The molecule has 1 amide bonds. The van der Waals surface area contributed by atoms with Crippen molar-refractivity contribution in [3.8, 4) is 11.3 Å². The molecule has 0 saturated heterocycles. The number of anilines is 1. The highest BCUT2D eigenvalue weighted by atomic mass is 32.1. The molecule has 1 aromatic heterocycles. The van der Waals surface area contributed by atoms with E-state index in [4.69, 9.17) is 0 Å². The highest BCUT2D eigenvalue weighted by Gasteiger charge is 2.12. The van der Waals surface area contributed by atoms with Crippen molar-refractivity contribution in [1.82, 2.24) is 4.98 Å². The summed E-state index contributed by atoms with van der Waals surface area (Å²) in [6.07, 6.45) is 0.525. The van der Waals surface area contributed by atoms with Crippen molar-refractivity contribution in [1.29, 1.82) is 0 Å². The molecule has 0 spiro atoms. The summed E-state index contributed by atoms with van der Waals surface area (Å²) in [7, 11) is 0. The third kappa shape index (κ3) is 3.91. The fraction of sp³-hybridized carbons (Fsp3) is 0.412. The summed E-state index contributed by atoms with van der Waals surface area (Å²) in [6, 6.07) is 4.33. The third-order valence-corrected chi connectivity index (χ3v) is 4.04. The molecule has 1 heterocycles. The first kappa shape index (κ1) is 15.7. The summed E-state index contributed by atoms with van der Waals surface area (Å²) < 4.78 is 0. The van der Waals surface area contributed by atoms with Crippen molar-refractivity contribution in [2.24, 2.45) is 5.92 Å². The van der Waals surface area contributed by atoms with E-state index in [2.05, 4.69) is 43.2 Å². The Bertz CT molecular complexity index is 636. The summed E-state index contributed by atoms with van der Waals surface area (Å²) in [4.78, 5) is 16.4. The van der Waals surface area contributed by atoms with Crippen molar-refractivity contribution in [2.75, 3.05) is 5.32 Å². The number of carbonyl (C=O) groups excluding carboxylic acids is 1. The standard InChI is InChI=1S/C17H22N2OS/c1-10(2)6-15(20)19-17-18-14(9-21-17)16-12(4)7-11(3)8-13(16)5/h7-10H,6H2,1-5H3,(H,18,19,20). The van der Waals surface area contributed by atoms with Crippen LogP contribution in [-0.4, -0.2) is 10.9 Å². The average molecular weight is 302 g/mol. The molecule has 0 fully saturated rings. The molecular weight excluding hydrogens is 280 g/mol. The third-order valence-electron chi connectivity index (χ3n) is 3.28. The maximum absolute atomic E-state index is 11.8. The predicted molar refractivity (Wildman–Crippen MR) is 89.8 cm³/mol. The van der Waals surface area contributed by atoms with E-state index in [1.54, 1.807) is 0 Å². The maximum atomic E-state index is 11.8.